The Morgan fingerprint density at radius 2 is 2.00 bits per heavy atom. The molecule has 0 spiro atoms. The first-order chi connectivity index (χ1) is 13.3. The molecule has 0 bridgehead atoms. The third-order valence-corrected chi connectivity index (χ3v) is 4.57. The lowest BCUT2D eigenvalue weighted by Crippen LogP contribution is -2.38. The van der Waals surface area contributed by atoms with Crippen molar-refractivity contribution in [1.29, 1.82) is 0 Å². The number of anilines is 1. The molecule has 0 saturated carbocycles. The number of halogens is 1. The maximum atomic E-state index is 12.6. The molecule has 0 unspecified atom stereocenters. The number of benzene rings is 1. The molecule has 0 fully saturated rings. The number of aromatic nitrogens is 3. The fourth-order valence-electron chi connectivity index (χ4n) is 2.60. The van der Waals surface area contributed by atoms with E-state index < -0.39 is 0 Å². The minimum absolute atomic E-state index is 0.157. The number of hydrogen-bond donors (Lipinski definition) is 1. The predicted octanol–water partition coefficient (Wildman–Crippen LogP) is 1.96. The first-order valence-corrected chi connectivity index (χ1v) is 9.24. The SMILES string of the molecule is Cc1ccnc(NC(=O)CN(C)C(=O)Cn2cnc3ccc(Br)cc3c2=O)c1. The zero-order chi connectivity index (χ0) is 20.3. The summed E-state index contributed by atoms with van der Waals surface area (Å²) in [7, 11) is 1.50. The van der Waals surface area contributed by atoms with Gasteiger partial charge in [-0.2, -0.15) is 0 Å². The highest BCUT2D eigenvalue weighted by atomic mass is 79.9. The molecular formula is C19H18BrN5O3. The average molecular weight is 444 g/mol. The number of likely N-dealkylation sites (N-methyl/N-ethyl adjacent to an activating group) is 1. The van der Waals surface area contributed by atoms with Crippen molar-refractivity contribution >= 4 is 44.5 Å². The Labute approximate surface area is 169 Å². The van der Waals surface area contributed by atoms with Gasteiger partial charge in [-0.1, -0.05) is 15.9 Å². The number of fused-ring (bicyclic) bond motifs is 1. The molecule has 0 radical (unpaired) electrons. The molecule has 3 aromatic rings. The van der Waals surface area contributed by atoms with Crippen molar-refractivity contribution in [3.8, 4) is 0 Å². The van der Waals surface area contributed by atoms with Crippen LogP contribution in [0, 0.1) is 6.92 Å². The lowest BCUT2D eigenvalue weighted by molar-refractivity contribution is -0.133. The van der Waals surface area contributed by atoms with E-state index >= 15 is 0 Å². The highest BCUT2D eigenvalue weighted by Crippen LogP contribution is 2.14. The van der Waals surface area contributed by atoms with Crippen molar-refractivity contribution in [2.45, 2.75) is 13.5 Å². The second kappa shape index (κ2) is 8.30. The van der Waals surface area contributed by atoms with Crippen LogP contribution in [0.4, 0.5) is 5.82 Å². The van der Waals surface area contributed by atoms with Crippen LogP contribution in [0.25, 0.3) is 10.9 Å². The molecule has 8 nitrogen and oxygen atoms in total. The number of hydrogen-bond acceptors (Lipinski definition) is 5. The van der Waals surface area contributed by atoms with Gasteiger partial charge in [-0.3, -0.25) is 19.0 Å². The van der Waals surface area contributed by atoms with Gasteiger partial charge in [-0.15, -0.1) is 0 Å². The van der Waals surface area contributed by atoms with Crippen LogP contribution < -0.4 is 10.9 Å². The van der Waals surface area contributed by atoms with Crippen LogP contribution in [0.5, 0.6) is 0 Å². The molecule has 0 aliphatic rings. The number of amides is 2. The van der Waals surface area contributed by atoms with Crippen LogP contribution in [-0.4, -0.2) is 44.8 Å². The van der Waals surface area contributed by atoms with Crippen LogP contribution in [0.3, 0.4) is 0 Å². The second-order valence-corrected chi connectivity index (χ2v) is 7.27. The topological polar surface area (TPSA) is 97.2 Å². The average Bonchev–Trinajstić information content (AvgIpc) is 2.64. The molecule has 2 heterocycles. The third-order valence-electron chi connectivity index (χ3n) is 4.08. The lowest BCUT2D eigenvalue weighted by atomic mass is 10.2. The Bertz CT molecular complexity index is 1110. The van der Waals surface area contributed by atoms with Crippen LogP contribution in [0.2, 0.25) is 0 Å². The van der Waals surface area contributed by atoms with Crippen molar-refractivity contribution in [2.24, 2.45) is 0 Å². The van der Waals surface area contributed by atoms with Crippen LogP contribution in [0.15, 0.2) is 52.1 Å². The van der Waals surface area contributed by atoms with Gasteiger partial charge in [0.15, 0.2) is 0 Å². The third kappa shape index (κ3) is 4.61. The summed E-state index contributed by atoms with van der Waals surface area (Å²) in [5, 5.41) is 3.06. The number of pyridine rings is 1. The molecular weight excluding hydrogens is 426 g/mol. The number of nitrogens with zero attached hydrogens (tertiary/aromatic N) is 4. The molecule has 2 amide bonds. The van der Waals surface area contributed by atoms with Crippen LogP contribution >= 0.6 is 15.9 Å². The number of carbonyl (C=O) groups is 2. The molecule has 0 aliphatic carbocycles. The molecule has 144 valence electrons. The van der Waals surface area contributed by atoms with E-state index in [0.29, 0.717) is 16.7 Å². The first kappa shape index (κ1) is 19.7. The summed E-state index contributed by atoms with van der Waals surface area (Å²) in [6, 6.07) is 8.73. The van der Waals surface area contributed by atoms with Gasteiger partial charge in [0.2, 0.25) is 11.8 Å². The fourth-order valence-corrected chi connectivity index (χ4v) is 2.96. The van der Waals surface area contributed by atoms with Crippen LogP contribution in [0.1, 0.15) is 5.56 Å². The second-order valence-electron chi connectivity index (χ2n) is 6.36. The van der Waals surface area contributed by atoms with Gasteiger partial charge in [0.1, 0.15) is 12.4 Å². The van der Waals surface area contributed by atoms with E-state index in [4.69, 9.17) is 0 Å². The van der Waals surface area contributed by atoms with Crippen LogP contribution in [-0.2, 0) is 16.1 Å². The summed E-state index contributed by atoms with van der Waals surface area (Å²) in [5.74, 6) is -0.334. The molecule has 0 aliphatic heterocycles. The van der Waals surface area contributed by atoms with Gasteiger partial charge < -0.3 is 10.2 Å². The summed E-state index contributed by atoms with van der Waals surface area (Å²) < 4.78 is 1.98. The molecule has 0 atom stereocenters. The van der Waals surface area contributed by atoms with Gasteiger partial charge in [0.25, 0.3) is 5.56 Å². The Kier molecular flexibility index (Phi) is 5.84. The maximum Gasteiger partial charge on any atom is 0.261 e. The van der Waals surface area contributed by atoms with Gasteiger partial charge in [0.05, 0.1) is 23.8 Å². The summed E-state index contributed by atoms with van der Waals surface area (Å²) in [6.45, 7) is 1.53. The largest absolute Gasteiger partial charge is 0.335 e. The van der Waals surface area contributed by atoms with Gasteiger partial charge in [0, 0.05) is 17.7 Å². The van der Waals surface area contributed by atoms with E-state index in [1.807, 2.05) is 13.0 Å². The summed E-state index contributed by atoms with van der Waals surface area (Å²) in [6.07, 6.45) is 2.93. The first-order valence-electron chi connectivity index (χ1n) is 8.44. The molecule has 1 aromatic carbocycles. The molecule has 28 heavy (non-hydrogen) atoms. The number of rotatable bonds is 5. The molecule has 0 saturated heterocycles. The van der Waals surface area contributed by atoms with Crippen molar-refractivity contribution in [1.82, 2.24) is 19.4 Å². The minimum Gasteiger partial charge on any atom is -0.335 e. The lowest BCUT2D eigenvalue weighted by Gasteiger charge is -2.17. The normalized spacial score (nSPS) is 10.7. The number of carbonyl (C=O) groups excluding carboxylic acids is 2. The summed E-state index contributed by atoms with van der Waals surface area (Å²) in [5.41, 5.74) is 1.20. The smallest absolute Gasteiger partial charge is 0.261 e. The van der Waals surface area contributed by atoms with Crippen molar-refractivity contribution in [3.63, 3.8) is 0 Å². The van der Waals surface area contributed by atoms with Crippen molar-refractivity contribution in [2.75, 3.05) is 18.9 Å². The molecule has 9 heteroatoms. The summed E-state index contributed by atoms with van der Waals surface area (Å²) >= 11 is 3.32. The van der Waals surface area contributed by atoms with E-state index in [1.165, 1.54) is 22.8 Å². The maximum absolute atomic E-state index is 12.6. The van der Waals surface area contributed by atoms with E-state index in [0.717, 1.165) is 10.0 Å². The molecule has 1 N–H and O–H groups in total. The molecule has 3 rings (SSSR count). The Hall–Kier alpha value is -3.07. The Balaban J connectivity index is 1.67. The van der Waals surface area contributed by atoms with E-state index in [-0.39, 0.29) is 30.5 Å². The van der Waals surface area contributed by atoms with E-state index in [9.17, 15) is 14.4 Å². The van der Waals surface area contributed by atoms with Gasteiger partial charge in [-0.05, 0) is 42.8 Å². The highest BCUT2D eigenvalue weighted by molar-refractivity contribution is 9.10. The predicted molar refractivity (Wildman–Crippen MR) is 109 cm³/mol. The fraction of sp³-hybridized carbons (Fsp3) is 0.211. The zero-order valence-electron chi connectivity index (χ0n) is 15.3. The Morgan fingerprint density at radius 3 is 2.75 bits per heavy atom. The number of nitrogens with one attached hydrogen (secondary N) is 1. The highest BCUT2D eigenvalue weighted by Gasteiger charge is 2.15. The standard InChI is InChI=1S/C19H18BrN5O3/c1-12-5-6-21-16(7-12)23-17(26)9-24(2)18(27)10-25-11-22-15-4-3-13(20)8-14(15)19(25)28/h3-8,11H,9-10H2,1-2H3,(H,21,23,26). The quantitative estimate of drug-likeness (QED) is 0.649. The monoisotopic (exact) mass is 443 g/mol. The minimum atomic E-state index is -0.384. The Morgan fingerprint density at radius 1 is 1.21 bits per heavy atom. The van der Waals surface area contributed by atoms with Crippen molar-refractivity contribution < 1.29 is 9.59 Å². The van der Waals surface area contributed by atoms with E-state index in [2.05, 4.69) is 31.2 Å². The molecule has 2 aromatic heterocycles. The number of aryl methyl sites for hydroxylation is 1. The van der Waals surface area contributed by atoms with Crippen molar-refractivity contribution in [3.05, 3.63) is 63.2 Å². The van der Waals surface area contributed by atoms with Gasteiger partial charge >= 0.3 is 0 Å². The van der Waals surface area contributed by atoms with Gasteiger partial charge in [-0.25, -0.2) is 9.97 Å². The zero-order valence-corrected chi connectivity index (χ0v) is 16.9. The summed E-state index contributed by atoms with van der Waals surface area (Å²) in [4.78, 5) is 46.7. The van der Waals surface area contributed by atoms with E-state index in [1.54, 1.807) is 30.5 Å².